The molecule has 3 heteroatoms. The topological polar surface area (TPSA) is 49.3 Å². The van der Waals surface area contributed by atoms with Gasteiger partial charge in [0.25, 0.3) is 0 Å². The lowest BCUT2D eigenvalue weighted by molar-refractivity contribution is -0.140. The number of carbonyl (C=O) groups is 1. The molecule has 2 atom stereocenters. The molecule has 1 rings (SSSR count). The van der Waals surface area contributed by atoms with E-state index in [2.05, 4.69) is 26.1 Å². The quantitative estimate of drug-likeness (QED) is 0.670. The summed E-state index contributed by atoms with van der Waals surface area (Å²) >= 11 is 0. The average Bonchev–Trinajstić information content (AvgIpc) is 2.96. The fourth-order valence-corrected chi connectivity index (χ4v) is 2.06. The molecule has 1 aliphatic carbocycles. The molecule has 0 aliphatic heterocycles. The van der Waals surface area contributed by atoms with Crippen LogP contribution in [0.2, 0.25) is 0 Å². The third kappa shape index (κ3) is 4.97. The van der Waals surface area contributed by atoms with Gasteiger partial charge in [-0.15, -0.1) is 0 Å². The molecule has 1 saturated carbocycles. The Morgan fingerprint density at radius 3 is 2.38 bits per heavy atom. The molecule has 3 nitrogen and oxygen atoms in total. The van der Waals surface area contributed by atoms with Crippen LogP contribution in [0.3, 0.4) is 0 Å². The van der Waals surface area contributed by atoms with E-state index in [4.69, 9.17) is 5.11 Å². The van der Waals surface area contributed by atoms with Crippen LogP contribution in [0.4, 0.5) is 0 Å². The second kappa shape index (κ2) is 6.24. The molecular weight excluding hydrogens is 202 g/mol. The molecule has 0 amide bonds. The predicted octanol–water partition coefficient (Wildman–Crippen LogP) is 2.65. The van der Waals surface area contributed by atoms with Gasteiger partial charge in [0.15, 0.2) is 0 Å². The first-order valence-corrected chi connectivity index (χ1v) is 6.49. The van der Waals surface area contributed by atoms with Crippen molar-refractivity contribution in [3.63, 3.8) is 0 Å². The number of carboxylic acid groups (broad SMARTS) is 1. The van der Waals surface area contributed by atoms with E-state index >= 15 is 0 Å². The Morgan fingerprint density at radius 1 is 1.31 bits per heavy atom. The Balaban J connectivity index is 2.20. The predicted molar refractivity (Wildman–Crippen MR) is 65.4 cm³/mol. The van der Waals surface area contributed by atoms with E-state index in [-0.39, 0.29) is 6.04 Å². The Morgan fingerprint density at radius 2 is 1.94 bits per heavy atom. The maximum atomic E-state index is 11.0. The summed E-state index contributed by atoms with van der Waals surface area (Å²) in [5, 5.41) is 12.3. The molecule has 94 valence electrons. The summed E-state index contributed by atoms with van der Waals surface area (Å²) in [7, 11) is 0. The van der Waals surface area contributed by atoms with Gasteiger partial charge in [-0.1, -0.05) is 26.7 Å². The van der Waals surface area contributed by atoms with Gasteiger partial charge in [-0.05, 0) is 38.0 Å². The molecule has 0 aromatic carbocycles. The fraction of sp³-hybridized carbons (Fsp3) is 0.923. The van der Waals surface area contributed by atoms with E-state index in [1.165, 1.54) is 12.8 Å². The monoisotopic (exact) mass is 227 g/mol. The first-order chi connectivity index (χ1) is 7.50. The minimum atomic E-state index is -0.682. The summed E-state index contributed by atoms with van der Waals surface area (Å²) < 4.78 is 0. The lowest BCUT2D eigenvalue weighted by atomic mass is 10.0. The minimum Gasteiger partial charge on any atom is -0.480 e. The van der Waals surface area contributed by atoms with Crippen LogP contribution < -0.4 is 5.32 Å². The van der Waals surface area contributed by atoms with Crippen molar-refractivity contribution in [2.75, 3.05) is 0 Å². The molecular formula is C13H25NO2. The molecule has 0 heterocycles. The molecule has 0 saturated heterocycles. The lowest BCUT2D eigenvalue weighted by Crippen LogP contribution is -2.43. The van der Waals surface area contributed by atoms with Gasteiger partial charge >= 0.3 is 5.97 Å². The van der Waals surface area contributed by atoms with Crippen molar-refractivity contribution in [3.05, 3.63) is 0 Å². The average molecular weight is 227 g/mol. The molecule has 0 aromatic heterocycles. The molecule has 2 unspecified atom stereocenters. The van der Waals surface area contributed by atoms with Crippen molar-refractivity contribution >= 4 is 5.97 Å². The molecule has 16 heavy (non-hydrogen) atoms. The van der Waals surface area contributed by atoms with Crippen molar-refractivity contribution in [2.45, 2.75) is 65.0 Å². The highest BCUT2D eigenvalue weighted by molar-refractivity contribution is 5.74. The van der Waals surface area contributed by atoms with Crippen molar-refractivity contribution in [1.82, 2.24) is 5.32 Å². The van der Waals surface area contributed by atoms with Crippen LogP contribution in [-0.4, -0.2) is 23.2 Å². The van der Waals surface area contributed by atoms with Crippen LogP contribution in [0, 0.1) is 11.8 Å². The largest absolute Gasteiger partial charge is 0.480 e. The highest BCUT2D eigenvalue weighted by Crippen LogP contribution is 2.33. The standard InChI is InChI=1S/C13H25NO2/c1-9(2)5-4-6-10(3)14-12(13(15)16)11-7-8-11/h9-12,14H,4-8H2,1-3H3,(H,15,16). The van der Waals surface area contributed by atoms with Gasteiger partial charge in [-0.2, -0.15) is 0 Å². The van der Waals surface area contributed by atoms with E-state index in [9.17, 15) is 4.79 Å². The smallest absolute Gasteiger partial charge is 0.320 e. The van der Waals surface area contributed by atoms with Gasteiger partial charge in [0.1, 0.15) is 6.04 Å². The zero-order valence-corrected chi connectivity index (χ0v) is 10.7. The Bertz CT molecular complexity index is 224. The van der Waals surface area contributed by atoms with Crippen LogP contribution in [0.1, 0.15) is 52.9 Å². The summed E-state index contributed by atoms with van der Waals surface area (Å²) in [6.45, 7) is 6.54. The molecule has 0 radical (unpaired) electrons. The summed E-state index contributed by atoms with van der Waals surface area (Å²) in [6.07, 6.45) is 5.63. The fourth-order valence-electron chi connectivity index (χ4n) is 2.06. The zero-order chi connectivity index (χ0) is 12.1. The van der Waals surface area contributed by atoms with E-state index in [1.54, 1.807) is 0 Å². The van der Waals surface area contributed by atoms with Crippen LogP contribution in [0.25, 0.3) is 0 Å². The Labute approximate surface area is 98.6 Å². The maximum Gasteiger partial charge on any atom is 0.320 e. The third-order valence-corrected chi connectivity index (χ3v) is 3.24. The second-order valence-corrected chi connectivity index (χ2v) is 5.55. The second-order valence-electron chi connectivity index (χ2n) is 5.55. The highest BCUT2D eigenvalue weighted by atomic mass is 16.4. The number of carboxylic acids is 1. The lowest BCUT2D eigenvalue weighted by Gasteiger charge is -2.20. The highest BCUT2D eigenvalue weighted by Gasteiger charge is 2.36. The van der Waals surface area contributed by atoms with E-state index in [1.807, 2.05) is 0 Å². The first kappa shape index (κ1) is 13.5. The van der Waals surface area contributed by atoms with E-state index in [0.717, 1.165) is 25.2 Å². The number of aliphatic carboxylic acids is 1. The molecule has 0 spiro atoms. The van der Waals surface area contributed by atoms with Crippen LogP contribution in [0.5, 0.6) is 0 Å². The maximum absolute atomic E-state index is 11.0. The van der Waals surface area contributed by atoms with Crippen molar-refractivity contribution in [1.29, 1.82) is 0 Å². The van der Waals surface area contributed by atoms with Gasteiger partial charge in [-0.3, -0.25) is 4.79 Å². The van der Waals surface area contributed by atoms with Gasteiger partial charge in [0.05, 0.1) is 0 Å². The third-order valence-electron chi connectivity index (χ3n) is 3.24. The molecule has 1 fully saturated rings. The minimum absolute atomic E-state index is 0.311. The van der Waals surface area contributed by atoms with Gasteiger partial charge in [-0.25, -0.2) is 0 Å². The number of nitrogens with one attached hydrogen (secondary N) is 1. The van der Waals surface area contributed by atoms with Gasteiger partial charge < -0.3 is 10.4 Å². The normalized spacial score (nSPS) is 19.8. The van der Waals surface area contributed by atoms with Gasteiger partial charge in [0.2, 0.25) is 0 Å². The van der Waals surface area contributed by atoms with Crippen LogP contribution >= 0.6 is 0 Å². The Hall–Kier alpha value is -0.570. The SMILES string of the molecule is CC(C)CCCC(C)NC(C(=O)O)C1CC1. The molecule has 0 bridgehead atoms. The number of rotatable bonds is 8. The summed E-state index contributed by atoms with van der Waals surface area (Å²) in [4.78, 5) is 11.0. The molecule has 0 aromatic rings. The summed E-state index contributed by atoms with van der Waals surface area (Å²) in [5.41, 5.74) is 0. The van der Waals surface area contributed by atoms with Crippen molar-refractivity contribution in [3.8, 4) is 0 Å². The van der Waals surface area contributed by atoms with Crippen LogP contribution in [0.15, 0.2) is 0 Å². The van der Waals surface area contributed by atoms with E-state index in [0.29, 0.717) is 12.0 Å². The molecule has 1 aliphatic rings. The van der Waals surface area contributed by atoms with E-state index < -0.39 is 5.97 Å². The van der Waals surface area contributed by atoms with Gasteiger partial charge in [0, 0.05) is 6.04 Å². The summed E-state index contributed by atoms with van der Waals surface area (Å²) in [6, 6.07) is 0.00880. The Kier molecular flexibility index (Phi) is 5.26. The molecule has 2 N–H and O–H groups in total. The summed E-state index contributed by atoms with van der Waals surface area (Å²) in [5.74, 6) is 0.439. The first-order valence-electron chi connectivity index (χ1n) is 6.49. The van der Waals surface area contributed by atoms with Crippen molar-refractivity contribution in [2.24, 2.45) is 11.8 Å². The van der Waals surface area contributed by atoms with Crippen molar-refractivity contribution < 1.29 is 9.90 Å². The van der Waals surface area contributed by atoms with Crippen LogP contribution in [-0.2, 0) is 4.79 Å². The number of hydrogen-bond acceptors (Lipinski definition) is 2. The number of hydrogen-bond donors (Lipinski definition) is 2. The zero-order valence-electron chi connectivity index (χ0n) is 10.7.